The van der Waals surface area contributed by atoms with E-state index in [4.69, 9.17) is 4.98 Å². The molecule has 3 heterocycles. The van der Waals surface area contributed by atoms with Crippen LogP contribution in [0.3, 0.4) is 0 Å². The second-order valence-corrected chi connectivity index (χ2v) is 8.97. The fraction of sp³-hybridized carbons (Fsp3) is 0.375. The molecule has 1 aliphatic carbocycles. The first-order valence-corrected chi connectivity index (χ1v) is 10.9. The molecule has 8 heteroatoms. The van der Waals surface area contributed by atoms with Gasteiger partial charge in [0.15, 0.2) is 0 Å². The van der Waals surface area contributed by atoms with Crippen LogP contribution >= 0.6 is 0 Å². The predicted molar refractivity (Wildman–Crippen MR) is 121 cm³/mol. The molecule has 166 valence electrons. The Hall–Kier alpha value is -3.26. The van der Waals surface area contributed by atoms with Gasteiger partial charge in [-0.1, -0.05) is 0 Å². The van der Waals surface area contributed by atoms with Crippen molar-refractivity contribution in [2.75, 3.05) is 14.1 Å². The van der Waals surface area contributed by atoms with Crippen molar-refractivity contribution in [2.24, 2.45) is 5.92 Å². The van der Waals surface area contributed by atoms with Crippen molar-refractivity contribution >= 4 is 33.3 Å². The van der Waals surface area contributed by atoms with Crippen LogP contribution in [0.25, 0.3) is 27.3 Å². The number of nitrogens with zero attached hydrogens (tertiary/aromatic N) is 3. The molecule has 32 heavy (non-hydrogen) atoms. The molecular weight excluding hydrogens is 411 g/mol. The van der Waals surface area contributed by atoms with Gasteiger partial charge < -0.3 is 10.1 Å². The standard InChI is InChI=1S/C24H25FN4O3/c1-28(2)21(24(31)32)14-5-3-13(4-6-14)18-12-29-19-9-10-26-23(30)20(19)17-11-15(25)7-8-16(17)22(29)27-18/h7-14,21H,3-6H2,1-2H3,(H,26,30)(H,31,32). The number of carbonyl (C=O) groups is 1. The number of hydrogen-bond donors (Lipinski definition) is 2. The van der Waals surface area contributed by atoms with E-state index in [1.54, 1.807) is 17.2 Å². The van der Waals surface area contributed by atoms with Gasteiger partial charge in [0.1, 0.15) is 17.5 Å². The number of nitrogens with one attached hydrogen (secondary N) is 1. The van der Waals surface area contributed by atoms with Crippen LogP contribution in [0.15, 0.2) is 41.5 Å². The van der Waals surface area contributed by atoms with Gasteiger partial charge >= 0.3 is 5.97 Å². The quantitative estimate of drug-likeness (QED) is 0.476. The monoisotopic (exact) mass is 436 g/mol. The molecule has 4 aromatic rings. The first-order chi connectivity index (χ1) is 15.3. The van der Waals surface area contributed by atoms with Gasteiger partial charge in [-0.3, -0.25) is 18.9 Å². The lowest BCUT2D eigenvalue weighted by Crippen LogP contribution is -2.43. The smallest absolute Gasteiger partial charge is 0.321 e. The highest BCUT2D eigenvalue weighted by atomic mass is 19.1. The lowest BCUT2D eigenvalue weighted by molar-refractivity contribution is -0.144. The Balaban J connectivity index is 1.57. The van der Waals surface area contributed by atoms with Gasteiger partial charge in [-0.05, 0) is 70.0 Å². The molecule has 1 atom stereocenters. The SMILES string of the molecule is CN(C)C(C(=O)O)C1CCC(c2cn3c4cc[nH]c(=O)c4c4cc(F)ccc4c3n2)CC1. The summed E-state index contributed by atoms with van der Waals surface area (Å²) >= 11 is 0. The number of fused-ring (bicyclic) bond motifs is 6. The van der Waals surface area contributed by atoms with Crippen molar-refractivity contribution in [1.82, 2.24) is 19.3 Å². The van der Waals surface area contributed by atoms with Crippen molar-refractivity contribution in [3.63, 3.8) is 0 Å². The first-order valence-electron chi connectivity index (χ1n) is 10.9. The molecule has 0 radical (unpaired) electrons. The van der Waals surface area contributed by atoms with Crippen LogP contribution < -0.4 is 5.56 Å². The normalized spacial score (nSPS) is 20.4. The van der Waals surface area contributed by atoms with Gasteiger partial charge in [-0.15, -0.1) is 0 Å². The summed E-state index contributed by atoms with van der Waals surface area (Å²) in [6.45, 7) is 0. The largest absolute Gasteiger partial charge is 0.480 e. The third kappa shape index (κ3) is 3.26. The van der Waals surface area contributed by atoms with E-state index in [2.05, 4.69) is 4.98 Å². The second-order valence-electron chi connectivity index (χ2n) is 8.97. The molecule has 1 fully saturated rings. The van der Waals surface area contributed by atoms with Gasteiger partial charge in [-0.2, -0.15) is 0 Å². The van der Waals surface area contributed by atoms with Crippen LogP contribution in [0.4, 0.5) is 4.39 Å². The Morgan fingerprint density at radius 1 is 1.22 bits per heavy atom. The highest BCUT2D eigenvalue weighted by Crippen LogP contribution is 2.39. The van der Waals surface area contributed by atoms with Crippen LogP contribution in [0.1, 0.15) is 37.3 Å². The number of rotatable bonds is 4. The van der Waals surface area contributed by atoms with E-state index in [0.29, 0.717) is 21.9 Å². The Morgan fingerprint density at radius 2 is 1.97 bits per heavy atom. The number of H-pyrrole nitrogens is 1. The Labute approximate surface area is 183 Å². The molecule has 2 N–H and O–H groups in total. The van der Waals surface area contributed by atoms with Crippen LogP contribution in [0.2, 0.25) is 0 Å². The zero-order chi connectivity index (χ0) is 22.6. The molecule has 5 rings (SSSR count). The number of pyridine rings is 2. The molecule has 3 aromatic heterocycles. The fourth-order valence-electron chi connectivity index (χ4n) is 5.39. The van der Waals surface area contributed by atoms with Crippen LogP contribution in [0, 0.1) is 11.7 Å². The lowest BCUT2D eigenvalue weighted by atomic mass is 9.77. The molecule has 0 bridgehead atoms. The molecular formula is C24H25FN4O3. The number of carboxylic acid groups (broad SMARTS) is 1. The number of aromatic amines is 1. The Kier molecular flexibility index (Phi) is 4.97. The summed E-state index contributed by atoms with van der Waals surface area (Å²) in [5, 5.41) is 11.3. The number of likely N-dealkylation sites (N-methyl/N-ethyl adjacent to an activating group) is 1. The Bertz CT molecular complexity index is 1400. The van der Waals surface area contributed by atoms with Crippen molar-refractivity contribution < 1.29 is 14.3 Å². The fourth-order valence-corrected chi connectivity index (χ4v) is 5.39. The first kappa shape index (κ1) is 20.6. The molecule has 1 aliphatic rings. The van der Waals surface area contributed by atoms with Gasteiger partial charge in [-0.25, -0.2) is 9.37 Å². The third-order valence-corrected chi connectivity index (χ3v) is 6.86. The van der Waals surface area contributed by atoms with Crippen molar-refractivity contribution in [3.8, 4) is 0 Å². The molecule has 0 aliphatic heterocycles. The van der Waals surface area contributed by atoms with Crippen molar-refractivity contribution in [3.05, 3.63) is 58.5 Å². The number of halogens is 1. The number of imidazole rings is 1. The van der Waals surface area contributed by atoms with Crippen molar-refractivity contribution in [1.29, 1.82) is 0 Å². The molecule has 0 amide bonds. The van der Waals surface area contributed by atoms with Crippen LogP contribution in [0.5, 0.6) is 0 Å². The van der Waals surface area contributed by atoms with Gasteiger partial charge in [0, 0.05) is 29.1 Å². The highest BCUT2D eigenvalue weighted by Gasteiger charge is 2.34. The molecule has 7 nitrogen and oxygen atoms in total. The van der Waals surface area contributed by atoms with E-state index in [9.17, 15) is 19.1 Å². The van der Waals surface area contributed by atoms with E-state index in [-0.39, 0.29) is 17.4 Å². The number of aliphatic carboxylic acids is 1. The Morgan fingerprint density at radius 3 is 2.66 bits per heavy atom. The predicted octanol–water partition coefficient (Wildman–Crippen LogP) is 3.76. The average Bonchev–Trinajstić information content (AvgIpc) is 3.19. The molecule has 1 aromatic carbocycles. The molecule has 1 saturated carbocycles. The average molecular weight is 436 g/mol. The van der Waals surface area contributed by atoms with Gasteiger partial charge in [0.2, 0.25) is 0 Å². The number of hydrogen-bond acceptors (Lipinski definition) is 4. The minimum atomic E-state index is -0.776. The van der Waals surface area contributed by atoms with E-state index in [1.165, 1.54) is 12.1 Å². The van der Waals surface area contributed by atoms with E-state index >= 15 is 0 Å². The van der Waals surface area contributed by atoms with Crippen molar-refractivity contribution in [2.45, 2.75) is 37.6 Å². The summed E-state index contributed by atoms with van der Waals surface area (Å²) < 4.78 is 15.9. The molecule has 0 spiro atoms. The maximum absolute atomic E-state index is 14.0. The van der Waals surface area contributed by atoms with E-state index in [0.717, 1.165) is 36.8 Å². The minimum Gasteiger partial charge on any atom is -0.480 e. The second kappa shape index (κ2) is 7.70. The summed E-state index contributed by atoms with van der Waals surface area (Å²) in [4.78, 5) is 33.7. The lowest BCUT2D eigenvalue weighted by Gasteiger charge is -2.34. The number of benzene rings is 1. The van der Waals surface area contributed by atoms with Crippen LogP contribution in [-0.2, 0) is 4.79 Å². The summed E-state index contributed by atoms with van der Waals surface area (Å²) in [5.74, 6) is -0.846. The zero-order valence-corrected chi connectivity index (χ0v) is 18.0. The van der Waals surface area contributed by atoms with E-state index in [1.807, 2.05) is 30.8 Å². The van der Waals surface area contributed by atoms with Gasteiger partial charge in [0.05, 0.1) is 16.6 Å². The summed E-state index contributed by atoms with van der Waals surface area (Å²) in [6, 6.07) is 5.78. The zero-order valence-electron chi connectivity index (χ0n) is 18.0. The summed E-state index contributed by atoms with van der Waals surface area (Å²) in [5.41, 5.74) is 2.05. The van der Waals surface area contributed by atoms with Crippen LogP contribution in [-0.4, -0.2) is 50.5 Å². The maximum atomic E-state index is 14.0. The topological polar surface area (TPSA) is 90.7 Å². The third-order valence-electron chi connectivity index (χ3n) is 6.86. The van der Waals surface area contributed by atoms with Gasteiger partial charge in [0.25, 0.3) is 5.56 Å². The molecule has 0 saturated heterocycles. The highest BCUT2D eigenvalue weighted by molar-refractivity contribution is 6.11. The summed E-state index contributed by atoms with van der Waals surface area (Å²) in [6.07, 6.45) is 6.92. The minimum absolute atomic E-state index is 0.110. The van der Waals surface area contributed by atoms with E-state index < -0.39 is 17.8 Å². The summed E-state index contributed by atoms with van der Waals surface area (Å²) in [7, 11) is 3.63. The maximum Gasteiger partial charge on any atom is 0.321 e. The number of carboxylic acids is 1. The molecule has 1 unspecified atom stereocenters. The number of aromatic nitrogens is 3.